The molecule has 0 fully saturated rings. The number of aryl methyl sites for hydroxylation is 1. The number of hydrogen-bond acceptors (Lipinski definition) is 4. The summed E-state index contributed by atoms with van der Waals surface area (Å²) in [6.45, 7) is 3.60. The average Bonchev–Trinajstić information content (AvgIpc) is 3.28. The number of rotatable bonds is 8. The number of benzene rings is 2. The third-order valence-corrected chi connectivity index (χ3v) is 5.09. The smallest absolute Gasteiger partial charge is 0.374 e. The van der Waals surface area contributed by atoms with Crippen molar-refractivity contribution >= 4 is 28.8 Å². The Balaban J connectivity index is 1.56. The van der Waals surface area contributed by atoms with E-state index in [0.29, 0.717) is 13.0 Å². The van der Waals surface area contributed by atoms with Crippen LogP contribution in [-0.4, -0.2) is 17.6 Å². The van der Waals surface area contributed by atoms with Gasteiger partial charge in [-0.25, -0.2) is 0 Å². The van der Waals surface area contributed by atoms with Crippen LogP contribution >= 0.6 is 0 Å². The molecule has 0 radical (unpaired) electrons. The molecule has 2 heterocycles. The molecule has 30 heavy (non-hydrogen) atoms. The maximum Gasteiger partial charge on any atom is 0.374 e. The highest BCUT2D eigenvalue weighted by Crippen LogP contribution is 2.38. The number of nitrogens with zero attached hydrogens (tertiary/aromatic N) is 2. The monoisotopic (exact) mass is 405 g/mol. The third kappa shape index (κ3) is 4.08. The number of aliphatic carboxylic acids is 1. The van der Waals surface area contributed by atoms with E-state index in [0.717, 1.165) is 47.3 Å². The minimum absolute atomic E-state index is 0.179. The van der Waals surface area contributed by atoms with E-state index in [1.165, 1.54) is 0 Å². The molecule has 6 heteroatoms. The molecular weight excluding hydrogens is 380 g/mol. The molecule has 4 rings (SSSR count). The number of aromatic nitrogens is 1. The second-order valence-corrected chi connectivity index (χ2v) is 7.09. The maximum atomic E-state index is 10.8. The Bertz CT molecular complexity index is 1110. The number of oxazole rings is 1. The molecular formula is C24H25N2O4+. The van der Waals surface area contributed by atoms with Crippen LogP contribution in [0.1, 0.15) is 32.1 Å². The summed E-state index contributed by atoms with van der Waals surface area (Å²) in [6, 6.07) is 15.9. The molecule has 0 spiro atoms. The molecule has 0 saturated heterocycles. The molecule has 1 aromatic heterocycles. The summed E-state index contributed by atoms with van der Waals surface area (Å²) in [7, 11) is 0. The number of carboxylic acids is 1. The number of ether oxygens (including phenoxy) is 1. The first-order chi connectivity index (χ1) is 14.7. The fourth-order valence-electron chi connectivity index (χ4n) is 3.67. The molecule has 6 nitrogen and oxygen atoms in total. The fourth-order valence-corrected chi connectivity index (χ4v) is 3.67. The summed E-state index contributed by atoms with van der Waals surface area (Å²) in [4.78, 5) is 12.9. The van der Waals surface area contributed by atoms with Crippen molar-refractivity contribution in [3.63, 3.8) is 0 Å². The van der Waals surface area contributed by atoms with E-state index in [1.54, 1.807) is 0 Å². The lowest BCUT2D eigenvalue weighted by Gasteiger charge is -2.14. The Hall–Kier alpha value is -3.54. The van der Waals surface area contributed by atoms with Gasteiger partial charge in [0.05, 0.1) is 11.8 Å². The molecule has 0 aliphatic carbocycles. The number of anilines is 1. The minimum atomic E-state index is -0.762. The second kappa shape index (κ2) is 8.86. The number of carboxylic acid groups (broad SMARTS) is 1. The minimum Gasteiger partial charge on any atom is -0.481 e. The lowest BCUT2D eigenvalue weighted by molar-refractivity contribution is -0.678. The Morgan fingerprint density at radius 3 is 2.77 bits per heavy atom. The molecule has 0 atom stereocenters. The highest BCUT2D eigenvalue weighted by molar-refractivity contribution is 5.70. The van der Waals surface area contributed by atoms with Crippen molar-refractivity contribution in [1.82, 2.24) is 0 Å². The lowest BCUT2D eigenvalue weighted by Crippen LogP contribution is -2.35. The van der Waals surface area contributed by atoms with Gasteiger partial charge in [0, 0.05) is 25.5 Å². The number of unbranched alkanes of at least 4 members (excludes halogenated alkanes) is 1. The third-order valence-electron chi connectivity index (χ3n) is 5.09. The molecule has 3 aromatic rings. The van der Waals surface area contributed by atoms with Crippen LogP contribution in [0.4, 0.5) is 5.69 Å². The summed E-state index contributed by atoms with van der Waals surface area (Å²) in [5.41, 5.74) is 2.87. The summed E-state index contributed by atoms with van der Waals surface area (Å²) < 4.78 is 14.1. The van der Waals surface area contributed by atoms with Gasteiger partial charge in [0.25, 0.3) is 5.52 Å². The van der Waals surface area contributed by atoms with Gasteiger partial charge in [0.15, 0.2) is 12.3 Å². The molecule has 0 bridgehead atoms. The van der Waals surface area contributed by atoms with Crippen LogP contribution in [0.5, 0.6) is 5.75 Å². The summed E-state index contributed by atoms with van der Waals surface area (Å²) in [5, 5.41) is 8.87. The van der Waals surface area contributed by atoms with Crippen LogP contribution in [0.3, 0.4) is 0 Å². The van der Waals surface area contributed by atoms with Crippen molar-refractivity contribution in [3.8, 4) is 5.75 Å². The highest BCUT2D eigenvalue weighted by atomic mass is 16.5. The Labute approximate surface area is 175 Å². The topological polar surface area (TPSA) is 66.8 Å². The van der Waals surface area contributed by atoms with E-state index in [1.807, 2.05) is 66.8 Å². The van der Waals surface area contributed by atoms with Gasteiger partial charge < -0.3 is 19.2 Å². The number of allylic oxidation sites excluding steroid dienone is 2. The number of hydrogen-bond donors (Lipinski definition) is 1. The number of para-hydroxylation sites is 4. The zero-order chi connectivity index (χ0) is 20.9. The molecule has 1 aliphatic rings. The van der Waals surface area contributed by atoms with Crippen molar-refractivity contribution in [2.45, 2.75) is 32.7 Å². The van der Waals surface area contributed by atoms with Gasteiger partial charge in [-0.15, -0.1) is 0 Å². The van der Waals surface area contributed by atoms with Crippen LogP contribution in [0.15, 0.2) is 71.0 Å². The van der Waals surface area contributed by atoms with Gasteiger partial charge in [0.1, 0.15) is 0 Å². The molecule has 2 aromatic carbocycles. The molecule has 1 N–H and O–H groups in total. The van der Waals surface area contributed by atoms with Gasteiger partial charge in [-0.2, -0.15) is 4.57 Å². The van der Waals surface area contributed by atoms with Crippen LogP contribution in [0.25, 0.3) is 17.2 Å². The largest absolute Gasteiger partial charge is 0.481 e. The van der Waals surface area contributed by atoms with Gasteiger partial charge in [-0.1, -0.05) is 24.3 Å². The van der Waals surface area contributed by atoms with Crippen LogP contribution in [0, 0.1) is 0 Å². The van der Waals surface area contributed by atoms with Crippen molar-refractivity contribution in [1.29, 1.82) is 0 Å². The first kappa shape index (κ1) is 19.8. The predicted molar refractivity (Wildman–Crippen MR) is 115 cm³/mol. The normalized spacial score (nSPS) is 14.6. The van der Waals surface area contributed by atoms with Gasteiger partial charge in [-0.3, -0.25) is 4.79 Å². The van der Waals surface area contributed by atoms with Crippen LogP contribution in [0.2, 0.25) is 0 Å². The van der Waals surface area contributed by atoms with E-state index in [9.17, 15) is 4.79 Å². The Morgan fingerprint density at radius 2 is 1.93 bits per heavy atom. The quantitative estimate of drug-likeness (QED) is 0.433. The molecule has 0 unspecified atom stereocenters. The number of carbonyl (C=O) groups is 1. The Kier molecular flexibility index (Phi) is 5.84. The maximum absolute atomic E-state index is 10.8. The highest BCUT2D eigenvalue weighted by Gasteiger charge is 2.24. The molecule has 0 saturated carbocycles. The standard InChI is InChI=1S/C24H24N2O4/c1-2-25-18-10-3-5-12-20(18)29-22(25)14-9-15-23-26(17-8-7-16-24(27)28)19-11-4-6-13-21(19)30-23/h3-6,9-15H,2,7-8,16-17H2,1H3/p+1. The van der Waals surface area contributed by atoms with Crippen molar-refractivity contribution in [3.05, 3.63) is 72.5 Å². The summed E-state index contributed by atoms with van der Waals surface area (Å²) in [6.07, 6.45) is 7.36. The van der Waals surface area contributed by atoms with E-state index in [-0.39, 0.29) is 6.42 Å². The zero-order valence-electron chi connectivity index (χ0n) is 17.0. The average molecular weight is 405 g/mol. The summed E-state index contributed by atoms with van der Waals surface area (Å²) >= 11 is 0. The molecule has 1 aliphatic heterocycles. The zero-order valence-corrected chi connectivity index (χ0v) is 17.0. The SMILES string of the molecule is CCN1C(=CC=Cc2oc3ccccc3[n+]2CCCCC(=O)O)Oc2ccccc21. The fraction of sp³-hybridized carbons (Fsp3) is 0.250. The van der Waals surface area contributed by atoms with Gasteiger partial charge in [0.2, 0.25) is 11.5 Å². The van der Waals surface area contributed by atoms with Crippen molar-refractivity contribution in [2.24, 2.45) is 0 Å². The second-order valence-electron chi connectivity index (χ2n) is 7.09. The lowest BCUT2D eigenvalue weighted by atomic mass is 10.2. The van der Waals surface area contributed by atoms with Crippen molar-refractivity contribution in [2.75, 3.05) is 11.4 Å². The first-order valence-corrected chi connectivity index (χ1v) is 10.2. The van der Waals surface area contributed by atoms with E-state index in [4.69, 9.17) is 14.3 Å². The Morgan fingerprint density at radius 1 is 1.13 bits per heavy atom. The summed E-state index contributed by atoms with van der Waals surface area (Å²) in [5.74, 6) is 1.60. The predicted octanol–water partition coefficient (Wildman–Crippen LogP) is 4.75. The van der Waals surface area contributed by atoms with E-state index >= 15 is 0 Å². The molecule has 154 valence electrons. The van der Waals surface area contributed by atoms with Gasteiger partial charge >= 0.3 is 11.9 Å². The van der Waals surface area contributed by atoms with Crippen LogP contribution in [-0.2, 0) is 11.3 Å². The molecule has 0 amide bonds. The van der Waals surface area contributed by atoms with E-state index < -0.39 is 5.97 Å². The first-order valence-electron chi connectivity index (χ1n) is 10.2. The van der Waals surface area contributed by atoms with Gasteiger partial charge in [-0.05, 0) is 43.7 Å². The van der Waals surface area contributed by atoms with Crippen LogP contribution < -0.4 is 14.2 Å². The number of fused-ring (bicyclic) bond motifs is 2. The van der Waals surface area contributed by atoms with E-state index in [2.05, 4.69) is 16.4 Å². The van der Waals surface area contributed by atoms with Crippen molar-refractivity contribution < 1.29 is 23.6 Å².